The van der Waals surface area contributed by atoms with Crippen LogP contribution in [0.4, 0.5) is 0 Å². The molecule has 0 saturated carbocycles. The summed E-state index contributed by atoms with van der Waals surface area (Å²) in [6.07, 6.45) is 8.17. The first-order valence-electron chi connectivity index (χ1n) is 4.93. The van der Waals surface area contributed by atoms with E-state index in [1.165, 1.54) is 0 Å². The summed E-state index contributed by atoms with van der Waals surface area (Å²) in [4.78, 5) is 5.90. The van der Waals surface area contributed by atoms with Gasteiger partial charge >= 0.3 is 0 Å². The van der Waals surface area contributed by atoms with Crippen LogP contribution in [0, 0.1) is 6.20 Å². The molecule has 1 aliphatic rings. The van der Waals surface area contributed by atoms with Crippen LogP contribution in [0.3, 0.4) is 0 Å². The van der Waals surface area contributed by atoms with Crippen LogP contribution >= 0.6 is 0 Å². The molecule has 16 heavy (non-hydrogen) atoms. The molecule has 1 aliphatic heterocycles. The first-order chi connectivity index (χ1) is 7.90. The Balaban J connectivity index is 1.84. The van der Waals surface area contributed by atoms with Crippen LogP contribution in [0.1, 0.15) is 0 Å². The lowest BCUT2D eigenvalue weighted by molar-refractivity contribution is 0.141. The quantitative estimate of drug-likeness (QED) is 0.680. The third kappa shape index (κ3) is 2.60. The van der Waals surface area contributed by atoms with Gasteiger partial charge in [-0.15, -0.1) is 0 Å². The van der Waals surface area contributed by atoms with Gasteiger partial charge in [0.25, 0.3) is 0 Å². The minimum Gasteiger partial charge on any atom is -0.475 e. The predicted molar refractivity (Wildman–Crippen MR) is 58.6 cm³/mol. The summed E-state index contributed by atoms with van der Waals surface area (Å²) in [6.45, 7) is 1.55. The molecule has 1 aromatic rings. The van der Waals surface area contributed by atoms with Crippen molar-refractivity contribution < 1.29 is 9.47 Å². The Bertz CT molecular complexity index is 372. The van der Waals surface area contributed by atoms with Gasteiger partial charge in [-0.1, -0.05) is 0 Å². The first kappa shape index (κ1) is 10.7. The van der Waals surface area contributed by atoms with Gasteiger partial charge in [-0.2, -0.15) is 9.89 Å². The molecule has 0 amide bonds. The Hall–Kier alpha value is -1.82. The van der Waals surface area contributed by atoms with Crippen molar-refractivity contribution in [1.82, 2.24) is 9.89 Å². The van der Waals surface area contributed by atoms with E-state index in [2.05, 4.69) is 16.3 Å². The van der Waals surface area contributed by atoms with Crippen molar-refractivity contribution in [2.24, 2.45) is 4.99 Å². The molecule has 2 heterocycles. The third-order valence-corrected chi connectivity index (χ3v) is 2.00. The molecule has 0 aromatic carbocycles. The number of hydrogen-bond donors (Lipinski definition) is 0. The topological polar surface area (TPSA) is 51.9 Å². The number of methoxy groups -OCH3 is 1. The van der Waals surface area contributed by atoms with E-state index in [1.54, 1.807) is 30.2 Å². The molecular weight excluding hydrogens is 208 g/mol. The molecule has 85 valence electrons. The number of ether oxygens (including phenoxy) is 2. The highest BCUT2D eigenvalue weighted by Gasteiger charge is 2.07. The van der Waals surface area contributed by atoms with Gasteiger partial charge in [-0.05, 0) is 6.07 Å². The monoisotopic (exact) mass is 221 g/mol. The molecule has 0 saturated heterocycles. The second-order valence-electron chi connectivity index (χ2n) is 3.10. The summed E-state index contributed by atoms with van der Waals surface area (Å²) < 4.78 is 10.2. The van der Waals surface area contributed by atoms with Crippen LogP contribution in [-0.2, 0) is 9.47 Å². The van der Waals surface area contributed by atoms with Crippen molar-refractivity contribution in [3.63, 3.8) is 0 Å². The van der Waals surface area contributed by atoms with Gasteiger partial charge in [-0.25, -0.2) is 4.99 Å². The smallest absolute Gasteiger partial charge is 0.212 e. The highest BCUT2D eigenvalue weighted by Crippen LogP contribution is 2.00. The lowest BCUT2D eigenvalue weighted by atomic mass is 10.5. The Morgan fingerprint density at radius 3 is 3.06 bits per heavy atom. The molecule has 2 rings (SSSR count). The Kier molecular flexibility index (Phi) is 3.55. The second-order valence-corrected chi connectivity index (χ2v) is 3.10. The second kappa shape index (κ2) is 5.32. The van der Waals surface area contributed by atoms with Crippen LogP contribution in [0.2, 0.25) is 0 Å². The molecule has 0 atom stereocenters. The number of nitrogens with zero attached hydrogens (tertiary/aromatic N) is 4. The molecule has 0 fully saturated rings. The van der Waals surface area contributed by atoms with E-state index in [1.807, 2.05) is 11.2 Å². The molecule has 6 heteroatoms. The van der Waals surface area contributed by atoms with Crippen molar-refractivity contribution in [2.45, 2.75) is 0 Å². The number of aromatic nitrogens is 2. The van der Waals surface area contributed by atoms with Gasteiger partial charge in [0.05, 0.1) is 6.61 Å². The average Bonchev–Trinajstić information content (AvgIpc) is 2.84. The fraction of sp³-hybridized carbons (Fsp3) is 0.400. The molecule has 0 bridgehead atoms. The van der Waals surface area contributed by atoms with E-state index >= 15 is 0 Å². The van der Waals surface area contributed by atoms with E-state index < -0.39 is 0 Å². The SMILES string of the molecule is COCCOC1=NCN(n2cc[c]n2)C=C1. The largest absolute Gasteiger partial charge is 0.475 e. The summed E-state index contributed by atoms with van der Waals surface area (Å²) in [5, 5.41) is 5.81. The highest BCUT2D eigenvalue weighted by molar-refractivity contribution is 5.88. The zero-order chi connectivity index (χ0) is 11.2. The minimum absolute atomic E-state index is 0.480. The molecule has 0 spiro atoms. The van der Waals surface area contributed by atoms with Crippen molar-refractivity contribution in [1.29, 1.82) is 0 Å². The van der Waals surface area contributed by atoms with Gasteiger partial charge < -0.3 is 9.47 Å². The van der Waals surface area contributed by atoms with Gasteiger partial charge in [0.1, 0.15) is 19.5 Å². The standard InChI is InChI=1S/C10H13N4O2/c1-15-7-8-16-10-3-6-13(9-11-10)14-5-2-4-12-14/h2-3,5-6H,7-9H2,1H3. The molecule has 0 N–H and O–H groups in total. The highest BCUT2D eigenvalue weighted by atomic mass is 16.5. The van der Waals surface area contributed by atoms with E-state index in [9.17, 15) is 0 Å². The van der Waals surface area contributed by atoms with Gasteiger partial charge in [0.2, 0.25) is 5.90 Å². The predicted octanol–water partition coefficient (Wildman–Crippen LogP) is 0.168. The first-order valence-corrected chi connectivity index (χ1v) is 4.93. The summed E-state index contributed by atoms with van der Waals surface area (Å²) in [5.74, 6) is 0.615. The third-order valence-electron chi connectivity index (χ3n) is 2.00. The van der Waals surface area contributed by atoms with E-state index in [-0.39, 0.29) is 0 Å². The Labute approximate surface area is 93.8 Å². The lowest BCUT2D eigenvalue weighted by Crippen LogP contribution is -2.32. The van der Waals surface area contributed by atoms with Crippen LogP contribution in [0.5, 0.6) is 0 Å². The van der Waals surface area contributed by atoms with Crippen molar-refractivity contribution >= 4 is 5.90 Å². The molecule has 1 radical (unpaired) electrons. The number of hydrogen-bond acceptors (Lipinski definition) is 5. The zero-order valence-corrected chi connectivity index (χ0v) is 9.04. The van der Waals surface area contributed by atoms with Crippen LogP contribution in [0.25, 0.3) is 0 Å². The van der Waals surface area contributed by atoms with E-state index in [0.29, 0.717) is 25.8 Å². The van der Waals surface area contributed by atoms with Gasteiger partial charge in [0, 0.05) is 25.6 Å². The molecule has 6 nitrogen and oxygen atoms in total. The summed E-state index contributed by atoms with van der Waals surface area (Å²) in [6, 6.07) is 1.74. The maximum absolute atomic E-state index is 5.36. The molecule has 0 aliphatic carbocycles. The van der Waals surface area contributed by atoms with Crippen molar-refractivity contribution in [2.75, 3.05) is 32.0 Å². The molecule has 1 aromatic heterocycles. The van der Waals surface area contributed by atoms with Crippen molar-refractivity contribution in [3.05, 3.63) is 30.7 Å². The van der Waals surface area contributed by atoms with Gasteiger partial charge in [0.15, 0.2) is 0 Å². The Morgan fingerprint density at radius 1 is 1.50 bits per heavy atom. The Morgan fingerprint density at radius 2 is 2.44 bits per heavy atom. The number of aliphatic imine (C=N–C) groups is 1. The lowest BCUT2D eigenvalue weighted by Gasteiger charge is -2.21. The molecular formula is C10H13N4O2. The zero-order valence-electron chi connectivity index (χ0n) is 9.04. The van der Waals surface area contributed by atoms with E-state index in [4.69, 9.17) is 9.47 Å². The van der Waals surface area contributed by atoms with Crippen LogP contribution in [0.15, 0.2) is 29.5 Å². The summed E-state index contributed by atoms with van der Waals surface area (Å²) >= 11 is 0. The summed E-state index contributed by atoms with van der Waals surface area (Å²) in [5.41, 5.74) is 0. The minimum atomic E-state index is 0.480. The number of rotatable bonds is 4. The van der Waals surface area contributed by atoms with Crippen molar-refractivity contribution in [3.8, 4) is 0 Å². The molecule has 0 unspecified atom stereocenters. The maximum atomic E-state index is 5.36. The fourth-order valence-corrected chi connectivity index (χ4v) is 1.22. The fourth-order valence-electron chi connectivity index (χ4n) is 1.22. The average molecular weight is 221 g/mol. The summed E-state index contributed by atoms with van der Waals surface area (Å²) in [7, 11) is 1.64. The van der Waals surface area contributed by atoms with E-state index in [0.717, 1.165) is 0 Å². The van der Waals surface area contributed by atoms with Crippen LogP contribution < -0.4 is 5.01 Å². The normalized spacial score (nSPS) is 15.1. The maximum Gasteiger partial charge on any atom is 0.212 e. The van der Waals surface area contributed by atoms with Gasteiger partial charge in [-0.3, -0.25) is 5.01 Å². The van der Waals surface area contributed by atoms with Crippen LogP contribution in [-0.4, -0.2) is 42.8 Å².